The number of rotatable bonds is 3. The normalized spacial score (nSPS) is 11.9. The van der Waals surface area contributed by atoms with Gasteiger partial charge < -0.3 is 5.32 Å². The molecule has 0 aliphatic rings. The smallest absolute Gasteiger partial charge is 0.0871 e. The monoisotopic (exact) mass is 271 g/mol. The summed E-state index contributed by atoms with van der Waals surface area (Å²) < 4.78 is 0.968. The lowest BCUT2D eigenvalue weighted by atomic mass is 10.2. The zero-order chi connectivity index (χ0) is 10.6. The molecule has 0 amide bonds. The van der Waals surface area contributed by atoms with Crippen molar-refractivity contribution < 1.29 is 0 Å². The number of nitrogens with one attached hydrogen (secondary N) is 1. The van der Waals surface area contributed by atoms with Gasteiger partial charge in [0.25, 0.3) is 0 Å². The summed E-state index contributed by atoms with van der Waals surface area (Å²) >= 11 is 9.30. The molecule has 1 nitrogen and oxygen atoms in total. The fourth-order valence-electron chi connectivity index (χ4n) is 1.06. The van der Waals surface area contributed by atoms with Crippen molar-refractivity contribution in [3.8, 4) is 12.3 Å². The number of hydrogen-bond acceptors (Lipinski definition) is 1. The molecule has 1 rings (SSSR count). The molecule has 0 fully saturated rings. The Morgan fingerprint density at radius 1 is 1.64 bits per heavy atom. The largest absolute Gasteiger partial charge is 0.371 e. The van der Waals surface area contributed by atoms with Crippen LogP contribution in [0.4, 0.5) is 5.69 Å². The third kappa shape index (κ3) is 2.94. The molecular weight excluding hydrogens is 261 g/mol. The highest BCUT2D eigenvalue weighted by Gasteiger charge is 2.05. The fourth-order valence-corrected chi connectivity index (χ4v) is 1.59. The molecule has 0 aromatic heterocycles. The van der Waals surface area contributed by atoms with Crippen molar-refractivity contribution in [2.24, 2.45) is 0 Å². The first-order valence-electron chi connectivity index (χ1n) is 4.35. The van der Waals surface area contributed by atoms with Crippen LogP contribution in [0.15, 0.2) is 22.7 Å². The number of halogens is 2. The van der Waals surface area contributed by atoms with Crippen LogP contribution >= 0.6 is 27.5 Å². The highest BCUT2D eigenvalue weighted by molar-refractivity contribution is 9.10. The quantitative estimate of drug-likeness (QED) is 0.822. The Bertz CT molecular complexity index is 357. The van der Waals surface area contributed by atoms with Crippen molar-refractivity contribution in [1.82, 2.24) is 0 Å². The van der Waals surface area contributed by atoms with Crippen molar-refractivity contribution >= 4 is 33.2 Å². The molecule has 0 saturated heterocycles. The highest BCUT2D eigenvalue weighted by Crippen LogP contribution is 2.26. The Kier molecular flexibility index (Phi) is 4.31. The van der Waals surface area contributed by atoms with Crippen molar-refractivity contribution in [2.45, 2.75) is 19.4 Å². The number of benzene rings is 1. The van der Waals surface area contributed by atoms with E-state index in [0.717, 1.165) is 16.6 Å². The molecule has 0 spiro atoms. The van der Waals surface area contributed by atoms with Crippen LogP contribution in [0.5, 0.6) is 0 Å². The third-order valence-electron chi connectivity index (χ3n) is 1.87. The highest BCUT2D eigenvalue weighted by atomic mass is 79.9. The lowest BCUT2D eigenvalue weighted by molar-refractivity contribution is 0.857. The Labute approximate surface area is 98.0 Å². The predicted octanol–water partition coefficient (Wildman–Crippen LogP) is 3.93. The summed E-state index contributed by atoms with van der Waals surface area (Å²) in [5.74, 6) is 2.67. The maximum atomic E-state index is 5.87. The topological polar surface area (TPSA) is 12.0 Å². The van der Waals surface area contributed by atoms with Crippen LogP contribution in [-0.2, 0) is 0 Å². The maximum Gasteiger partial charge on any atom is 0.0871 e. The second-order valence-electron chi connectivity index (χ2n) is 2.90. The van der Waals surface area contributed by atoms with Gasteiger partial charge >= 0.3 is 0 Å². The molecule has 1 unspecified atom stereocenters. The van der Waals surface area contributed by atoms with Crippen LogP contribution in [-0.4, -0.2) is 6.04 Å². The summed E-state index contributed by atoms with van der Waals surface area (Å²) in [4.78, 5) is 0. The third-order valence-corrected chi connectivity index (χ3v) is 2.79. The van der Waals surface area contributed by atoms with Crippen molar-refractivity contribution in [3.05, 3.63) is 27.7 Å². The van der Waals surface area contributed by atoms with Crippen LogP contribution < -0.4 is 5.32 Å². The predicted molar refractivity (Wildman–Crippen MR) is 65.7 cm³/mol. The van der Waals surface area contributed by atoms with Crippen molar-refractivity contribution in [2.75, 3.05) is 5.32 Å². The summed E-state index contributed by atoms with van der Waals surface area (Å²) in [5.41, 5.74) is 0.933. The molecule has 0 aliphatic heterocycles. The van der Waals surface area contributed by atoms with Gasteiger partial charge in [-0.3, -0.25) is 0 Å². The molecule has 1 aromatic carbocycles. The summed E-state index contributed by atoms with van der Waals surface area (Å²) in [6, 6.07) is 5.62. The summed E-state index contributed by atoms with van der Waals surface area (Å²) in [6.07, 6.45) is 6.24. The van der Waals surface area contributed by atoms with Crippen LogP contribution in [0.2, 0.25) is 5.02 Å². The first-order valence-corrected chi connectivity index (χ1v) is 5.52. The Balaban J connectivity index is 2.86. The van der Waals surface area contributed by atoms with E-state index in [1.165, 1.54) is 0 Å². The van der Waals surface area contributed by atoms with E-state index in [-0.39, 0.29) is 6.04 Å². The van der Waals surface area contributed by atoms with E-state index in [1.54, 1.807) is 0 Å². The molecule has 0 bridgehead atoms. The Hall–Kier alpha value is -0.650. The van der Waals surface area contributed by atoms with Crippen LogP contribution in [0, 0.1) is 12.3 Å². The van der Waals surface area contributed by atoms with Crippen molar-refractivity contribution in [3.63, 3.8) is 0 Å². The minimum atomic E-state index is 0.0461. The second-order valence-corrected chi connectivity index (χ2v) is 4.19. The van der Waals surface area contributed by atoms with E-state index in [1.807, 2.05) is 25.1 Å². The van der Waals surface area contributed by atoms with E-state index in [4.69, 9.17) is 18.0 Å². The molecule has 3 heteroatoms. The number of terminal acetylenes is 1. The summed E-state index contributed by atoms with van der Waals surface area (Å²) in [7, 11) is 0. The summed E-state index contributed by atoms with van der Waals surface area (Å²) in [5, 5.41) is 3.92. The van der Waals surface area contributed by atoms with Gasteiger partial charge in [0.1, 0.15) is 0 Å². The lowest BCUT2D eigenvalue weighted by Gasteiger charge is -2.13. The molecule has 1 N–H and O–H groups in total. The Morgan fingerprint density at radius 3 is 2.93 bits per heavy atom. The van der Waals surface area contributed by atoms with Gasteiger partial charge in [-0.25, -0.2) is 0 Å². The van der Waals surface area contributed by atoms with E-state index in [9.17, 15) is 0 Å². The molecular formula is C11H11BrClN. The van der Waals surface area contributed by atoms with Crippen LogP contribution in [0.1, 0.15) is 13.3 Å². The second kappa shape index (κ2) is 5.29. The first kappa shape index (κ1) is 11.4. The SMILES string of the molecule is C#CC(CC)Nc1cc(Cl)ccc1Br. The summed E-state index contributed by atoms with van der Waals surface area (Å²) in [6.45, 7) is 2.04. The molecule has 0 aliphatic carbocycles. The Morgan fingerprint density at radius 2 is 2.36 bits per heavy atom. The van der Waals surface area contributed by atoms with Gasteiger partial charge in [0.15, 0.2) is 0 Å². The van der Waals surface area contributed by atoms with Gasteiger partial charge in [-0.2, -0.15) is 0 Å². The van der Waals surface area contributed by atoms with E-state index < -0.39 is 0 Å². The van der Waals surface area contributed by atoms with Crippen molar-refractivity contribution in [1.29, 1.82) is 0 Å². The molecule has 1 aromatic rings. The van der Waals surface area contributed by atoms with Crippen LogP contribution in [0.3, 0.4) is 0 Å². The average Bonchev–Trinajstić information content (AvgIpc) is 2.19. The van der Waals surface area contributed by atoms with E-state index in [0.29, 0.717) is 5.02 Å². The van der Waals surface area contributed by atoms with Gasteiger partial charge in [0, 0.05) is 9.50 Å². The number of hydrogen-bond donors (Lipinski definition) is 1. The van der Waals surface area contributed by atoms with Gasteiger partial charge in [-0.1, -0.05) is 24.4 Å². The van der Waals surface area contributed by atoms with Gasteiger partial charge in [-0.15, -0.1) is 6.42 Å². The molecule has 14 heavy (non-hydrogen) atoms. The maximum absolute atomic E-state index is 5.87. The molecule has 0 saturated carbocycles. The zero-order valence-electron chi connectivity index (χ0n) is 7.85. The average molecular weight is 273 g/mol. The number of anilines is 1. The van der Waals surface area contributed by atoms with Gasteiger partial charge in [0.2, 0.25) is 0 Å². The van der Waals surface area contributed by atoms with Gasteiger partial charge in [-0.05, 0) is 40.5 Å². The fraction of sp³-hybridized carbons (Fsp3) is 0.273. The molecule has 0 radical (unpaired) electrons. The van der Waals surface area contributed by atoms with E-state index >= 15 is 0 Å². The first-order chi connectivity index (χ1) is 6.67. The van der Waals surface area contributed by atoms with Gasteiger partial charge in [0.05, 0.1) is 11.7 Å². The molecule has 1 atom stereocenters. The van der Waals surface area contributed by atoms with E-state index in [2.05, 4.69) is 27.2 Å². The minimum Gasteiger partial charge on any atom is -0.371 e. The lowest BCUT2D eigenvalue weighted by Crippen LogP contribution is -2.15. The molecule has 74 valence electrons. The standard InChI is InChI=1S/C11H11BrClN/c1-3-9(4-2)14-11-7-8(13)5-6-10(11)12/h1,5-7,9,14H,4H2,2H3. The zero-order valence-corrected chi connectivity index (χ0v) is 10.2. The molecule has 0 heterocycles. The minimum absolute atomic E-state index is 0.0461. The van der Waals surface area contributed by atoms with Crippen LogP contribution in [0.25, 0.3) is 0 Å².